The average Bonchev–Trinajstić information content (AvgIpc) is 2.30. The number of rotatable bonds is 5. The molecule has 1 heterocycles. The number of hydrogen-bond donors (Lipinski definition) is 3. The predicted octanol–water partition coefficient (Wildman–Crippen LogP) is 0.254. The van der Waals surface area contributed by atoms with Gasteiger partial charge >= 0.3 is 5.97 Å². The molecule has 104 valence electrons. The van der Waals surface area contributed by atoms with E-state index in [0.717, 1.165) is 0 Å². The normalized spacial score (nSPS) is 21.9. The summed E-state index contributed by atoms with van der Waals surface area (Å²) >= 11 is 0. The van der Waals surface area contributed by atoms with Gasteiger partial charge in [-0.3, -0.25) is 4.79 Å². The maximum Gasteiger partial charge on any atom is 0.329 e. The van der Waals surface area contributed by atoms with Gasteiger partial charge in [0.1, 0.15) is 5.54 Å². The van der Waals surface area contributed by atoms with Gasteiger partial charge in [-0.25, -0.2) is 4.79 Å². The van der Waals surface area contributed by atoms with Gasteiger partial charge in [0.25, 0.3) is 0 Å². The summed E-state index contributed by atoms with van der Waals surface area (Å²) in [6, 6.07) is 0. The SMILES string of the molecule is CCCC(C)(NC(=O)C1(N)CCOCC1)C(=O)O. The summed E-state index contributed by atoms with van der Waals surface area (Å²) in [6.45, 7) is 4.25. The fourth-order valence-electron chi connectivity index (χ4n) is 2.06. The van der Waals surface area contributed by atoms with Crippen LogP contribution in [-0.2, 0) is 14.3 Å². The zero-order valence-corrected chi connectivity index (χ0v) is 11.0. The van der Waals surface area contributed by atoms with Crippen molar-refractivity contribution in [3.8, 4) is 0 Å². The van der Waals surface area contributed by atoms with Gasteiger partial charge in [-0.2, -0.15) is 0 Å². The van der Waals surface area contributed by atoms with Gasteiger partial charge in [0.05, 0.1) is 5.54 Å². The summed E-state index contributed by atoms with van der Waals surface area (Å²) in [5, 5.41) is 11.8. The molecule has 18 heavy (non-hydrogen) atoms. The fourth-order valence-corrected chi connectivity index (χ4v) is 2.06. The molecular formula is C12H22N2O4. The average molecular weight is 258 g/mol. The topological polar surface area (TPSA) is 102 Å². The van der Waals surface area contributed by atoms with Gasteiger partial charge < -0.3 is 20.9 Å². The Hall–Kier alpha value is -1.14. The summed E-state index contributed by atoms with van der Waals surface area (Å²) in [6.07, 6.45) is 1.88. The maximum atomic E-state index is 12.2. The fraction of sp³-hybridized carbons (Fsp3) is 0.833. The van der Waals surface area contributed by atoms with E-state index in [1.807, 2.05) is 6.92 Å². The summed E-state index contributed by atoms with van der Waals surface area (Å²) in [5.41, 5.74) is 3.76. The smallest absolute Gasteiger partial charge is 0.329 e. The third-order valence-electron chi connectivity index (χ3n) is 3.45. The van der Waals surface area contributed by atoms with E-state index in [2.05, 4.69) is 5.32 Å². The lowest BCUT2D eigenvalue weighted by Crippen LogP contribution is -2.63. The van der Waals surface area contributed by atoms with Crippen molar-refractivity contribution in [2.75, 3.05) is 13.2 Å². The van der Waals surface area contributed by atoms with E-state index in [-0.39, 0.29) is 0 Å². The van der Waals surface area contributed by atoms with Crippen molar-refractivity contribution >= 4 is 11.9 Å². The second kappa shape index (κ2) is 5.67. The molecule has 4 N–H and O–H groups in total. The molecule has 6 heteroatoms. The quantitative estimate of drug-likeness (QED) is 0.656. The summed E-state index contributed by atoms with van der Waals surface area (Å²) in [7, 11) is 0. The highest BCUT2D eigenvalue weighted by atomic mass is 16.5. The van der Waals surface area contributed by atoms with Crippen LogP contribution in [0.2, 0.25) is 0 Å². The van der Waals surface area contributed by atoms with Gasteiger partial charge in [0, 0.05) is 13.2 Å². The standard InChI is InChI=1S/C12H22N2O4/c1-3-4-11(2,10(16)17)14-9(15)12(13)5-7-18-8-6-12/h3-8,13H2,1-2H3,(H,14,15)(H,16,17). The number of carbonyl (C=O) groups excluding carboxylic acids is 1. The molecule has 1 rings (SSSR count). The van der Waals surface area contributed by atoms with Crippen molar-refractivity contribution in [1.29, 1.82) is 0 Å². The van der Waals surface area contributed by atoms with Crippen LogP contribution in [-0.4, -0.2) is 41.3 Å². The van der Waals surface area contributed by atoms with Crippen LogP contribution < -0.4 is 11.1 Å². The highest BCUT2D eigenvalue weighted by molar-refractivity contribution is 5.91. The number of amides is 1. The Morgan fingerprint density at radius 3 is 2.44 bits per heavy atom. The molecule has 0 radical (unpaired) electrons. The zero-order valence-electron chi connectivity index (χ0n) is 11.0. The molecule has 1 amide bonds. The van der Waals surface area contributed by atoms with E-state index in [9.17, 15) is 14.7 Å². The Bertz CT molecular complexity index is 326. The minimum atomic E-state index is -1.25. The second-order valence-corrected chi connectivity index (χ2v) is 5.11. The third-order valence-corrected chi connectivity index (χ3v) is 3.45. The molecule has 0 aromatic rings. The van der Waals surface area contributed by atoms with Crippen LogP contribution >= 0.6 is 0 Å². The van der Waals surface area contributed by atoms with E-state index < -0.39 is 23.0 Å². The highest BCUT2D eigenvalue weighted by Crippen LogP contribution is 2.20. The zero-order chi connectivity index (χ0) is 13.8. The van der Waals surface area contributed by atoms with E-state index in [4.69, 9.17) is 10.5 Å². The first-order valence-electron chi connectivity index (χ1n) is 6.27. The number of aliphatic carboxylic acids is 1. The molecule has 0 aromatic carbocycles. The first-order chi connectivity index (χ1) is 8.34. The van der Waals surface area contributed by atoms with Crippen molar-refractivity contribution < 1.29 is 19.4 Å². The van der Waals surface area contributed by atoms with Gasteiger partial charge in [-0.05, 0) is 26.2 Å². The first kappa shape index (κ1) is 14.9. The second-order valence-electron chi connectivity index (χ2n) is 5.11. The maximum absolute atomic E-state index is 12.2. The number of ether oxygens (including phenoxy) is 1. The van der Waals surface area contributed by atoms with Gasteiger partial charge in [-0.1, -0.05) is 13.3 Å². The molecule has 1 saturated heterocycles. The lowest BCUT2D eigenvalue weighted by molar-refractivity contribution is -0.148. The number of carboxylic acids is 1. The Labute approximate surface area is 107 Å². The van der Waals surface area contributed by atoms with Crippen LogP contribution in [0.1, 0.15) is 39.5 Å². The molecule has 1 aliphatic rings. The highest BCUT2D eigenvalue weighted by Gasteiger charge is 2.42. The van der Waals surface area contributed by atoms with Crippen LogP contribution in [0.4, 0.5) is 0 Å². The molecule has 0 aromatic heterocycles. The lowest BCUT2D eigenvalue weighted by atomic mass is 9.87. The van der Waals surface area contributed by atoms with E-state index in [0.29, 0.717) is 38.9 Å². The number of nitrogens with two attached hydrogens (primary N) is 1. The van der Waals surface area contributed by atoms with Crippen molar-refractivity contribution in [3.63, 3.8) is 0 Å². The van der Waals surface area contributed by atoms with Crippen molar-refractivity contribution in [2.45, 2.75) is 50.6 Å². The minimum absolute atomic E-state index is 0.376. The van der Waals surface area contributed by atoms with E-state index in [1.54, 1.807) is 0 Å². The molecule has 0 aliphatic carbocycles. The van der Waals surface area contributed by atoms with Crippen LogP contribution in [0.15, 0.2) is 0 Å². The number of nitrogens with one attached hydrogen (secondary N) is 1. The van der Waals surface area contributed by atoms with Gasteiger partial charge in [0.2, 0.25) is 5.91 Å². The van der Waals surface area contributed by atoms with E-state index >= 15 is 0 Å². The third kappa shape index (κ3) is 3.20. The summed E-state index contributed by atoms with van der Waals surface area (Å²) in [5.74, 6) is -1.43. The first-order valence-corrected chi connectivity index (χ1v) is 6.27. The Morgan fingerprint density at radius 1 is 1.44 bits per heavy atom. The van der Waals surface area contributed by atoms with Gasteiger partial charge in [0.15, 0.2) is 0 Å². The molecule has 1 unspecified atom stereocenters. The van der Waals surface area contributed by atoms with Crippen molar-refractivity contribution in [1.82, 2.24) is 5.32 Å². The van der Waals surface area contributed by atoms with E-state index in [1.165, 1.54) is 6.92 Å². The Balaban J connectivity index is 2.74. The largest absolute Gasteiger partial charge is 0.480 e. The molecule has 1 aliphatic heterocycles. The molecule has 0 spiro atoms. The minimum Gasteiger partial charge on any atom is -0.480 e. The Morgan fingerprint density at radius 2 is 2.00 bits per heavy atom. The summed E-state index contributed by atoms with van der Waals surface area (Å²) < 4.78 is 5.16. The molecular weight excluding hydrogens is 236 g/mol. The lowest BCUT2D eigenvalue weighted by Gasteiger charge is -2.35. The molecule has 6 nitrogen and oxygen atoms in total. The Kier molecular flexibility index (Phi) is 4.70. The number of carbonyl (C=O) groups is 2. The van der Waals surface area contributed by atoms with Crippen molar-refractivity contribution in [3.05, 3.63) is 0 Å². The molecule has 0 bridgehead atoms. The predicted molar refractivity (Wildman–Crippen MR) is 66.1 cm³/mol. The summed E-state index contributed by atoms with van der Waals surface area (Å²) in [4.78, 5) is 23.4. The molecule has 1 fully saturated rings. The monoisotopic (exact) mass is 258 g/mol. The number of hydrogen-bond acceptors (Lipinski definition) is 4. The van der Waals surface area contributed by atoms with Crippen molar-refractivity contribution in [2.24, 2.45) is 5.73 Å². The van der Waals surface area contributed by atoms with Gasteiger partial charge in [-0.15, -0.1) is 0 Å². The molecule has 0 saturated carbocycles. The number of carboxylic acid groups (broad SMARTS) is 1. The van der Waals surface area contributed by atoms with Crippen LogP contribution in [0.5, 0.6) is 0 Å². The molecule has 1 atom stereocenters. The van der Waals surface area contributed by atoms with Crippen LogP contribution in [0, 0.1) is 0 Å². The van der Waals surface area contributed by atoms with Crippen LogP contribution in [0.25, 0.3) is 0 Å². The van der Waals surface area contributed by atoms with Crippen LogP contribution in [0.3, 0.4) is 0 Å².